The summed E-state index contributed by atoms with van der Waals surface area (Å²) in [6.07, 6.45) is 1.98. The highest BCUT2D eigenvalue weighted by atomic mass is 32.2. The summed E-state index contributed by atoms with van der Waals surface area (Å²) in [6, 6.07) is 0. The minimum Gasteiger partial charge on any atom is -0.294 e. The topological polar surface area (TPSA) is 69.0 Å². The van der Waals surface area contributed by atoms with Gasteiger partial charge in [0.2, 0.25) is 0 Å². The number of nitrogens with zero attached hydrogens (tertiary/aromatic N) is 2. The molecule has 6 heteroatoms. The van der Waals surface area contributed by atoms with Crippen LogP contribution in [0.3, 0.4) is 0 Å². The van der Waals surface area contributed by atoms with Gasteiger partial charge < -0.3 is 0 Å². The molecule has 20 heavy (non-hydrogen) atoms. The molecule has 0 aromatic carbocycles. The Morgan fingerprint density at radius 2 is 1.80 bits per heavy atom. The summed E-state index contributed by atoms with van der Waals surface area (Å²) in [7, 11) is -3.03. The van der Waals surface area contributed by atoms with E-state index in [2.05, 4.69) is 5.10 Å². The third kappa shape index (κ3) is 3.91. The first-order valence-corrected chi connectivity index (χ1v) is 8.98. The van der Waals surface area contributed by atoms with Gasteiger partial charge >= 0.3 is 0 Å². The molecule has 0 radical (unpaired) electrons. The highest BCUT2D eigenvalue weighted by Crippen LogP contribution is 2.17. The maximum Gasteiger partial charge on any atom is 0.163 e. The van der Waals surface area contributed by atoms with Crippen molar-refractivity contribution in [2.75, 3.05) is 11.5 Å². The van der Waals surface area contributed by atoms with E-state index in [-0.39, 0.29) is 17.3 Å². The molecule has 0 saturated heterocycles. The van der Waals surface area contributed by atoms with E-state index in [4.69, 9.17) is 0 Å². The smallest absolute Gasteiger partial charge is 0.163 e. The fourth-order valence-electron chi connectivity index (χ4n) is 2.39. The van der Waals surface area contributed by atoms with Crippen molar-refractivity contribution in [1.82, 2.24) is 9.78 Å². The fraction of sp³-hybridized carbons (Fsp3) is 0.714. The summed E-state index contributed by atoms with van der Waals surface area (Å²) in [5.74, 6) is 0.285. The molecule has 0 bridgehead atoms. The van der Waals surface area contributed by atoms with Crippen LogP contribution in [-0.4, -0.2) is 35.5 Å². The van der Waals surface area contributed by atoms with Crippen LogP contribution in [0.5, 0.6) is 0 Å². The molecule has 0 atom stereocenters. The lowest BCUT2D eigenvalue weighted by molar-refractivity contribution is 0.101. The van der Waals surface area contributed by atoms with Crippen molar-refractivity contribution in [2.24, 2.45) is 0 Å². The zero-order valence-corrected chi connectivity index (χ0v) is 13.6. The minimum absolute atomic E-state index is 0.00126. The molecule has 0 saturated carbocycles. The standard InChI is InChI=1S/C14H24N2O3S/c1-5-9-20(18,19)10-8-16-13(7-3)14(11(4)17)12(6-2)15-16/h5-10H2,1-4H3. The lowest BCUT2D eigenvalue weighted by Crippen LogP contribution is -2.18. The van der Waals surface area contributed by atoms with Gasteiger partial charge in [-0.2, -0.15) is 5.10 Å². The molecule has 0 aliphatic carbocycles. The first kappa shape index (κ1) is 16.9. The Kier molecular flexibility index (Phi) is 5.92. The summed E-state index contributed by atoms with van der Waals surface area (Å²) in [6.45, 7) is 7.62. The normalized spacial score (nSPS) is 11.8. The number of aryl methyl sites for hydroxylation is 2. The monoisotopic (exact) mass is 300 g/mol. The number of carbonyl (C=O) groups is 1. The molecule has 1 heterocycles. The van der Waals surface area contributed by atoms with E-state index >= 15 is 0 Å². The van der Waals surface area contributed by atoms with E-state index in [1.54, 1.807) is 4.68 Å². The SMILES string of the molecule is CCCS(=O)(=O)CCn1nc(CC)c(C(C)=O)c1CC. The molecule has 0 N–H and O–H groups in total. The first-order chi connectivity index (χ1) is 9.36. The number of sulfone groups is 1. The lowest BCUT2D eigenvalue weighted by Gasteiger charge is -2.07. The minimum atomic E-state index is -3.03. The molecule has 0 amide bonds. The Hall–Kier alpha value is -1.17. The average Bonchev–Trinajstić information content (AvgIpc) is 2.74. The third-order valence-electron chi connectivity index (χ3n) is 3.28. The van der Waals surface area contributed by atoms with Gasteiger partial charge in [0.25, 0.3) is 0 Å². The summed E-state index contributed by atoms with van der Waals surface area (Å²) in [5.41, 5.74) is 2.28. The molecular formula is C14H24N2O3S. The van der Waals surface area contributed by atoms with Crippen LogP contribution in [0.15, 0.2) is 0 Å². The molecule has 0 unspecified atom stereocenters. The maximum absolute atomic E-state index is 11.8. The van der Waals surface area contributed by atoms with Crippen molar-refractivity contribution in [3.05, 3.63) is 17.0 Å². The number of hydrogen-bond acceptors (Lipinski definition) is 4. The molecule has 0 spiro atoms. The Morgan fingerprint density at radius 3 is 2.25 bits per heavy atom. The van der Waals surface area contributed by atoms with Gasteiger partial charge in [-0.1, -0.05) is 20.8 Å². The van der Waals surface area contributed by atoms with Crippen LogP contribution >= 0.6 is 0 Å². The quantitative estimate of drug-likeness (QED) is 0.689. The highest BCUT2D eigenvalue weighted by Gasteiger charge is 2.20. The van der Waals surface area contributed by atoms with Gasteiger partial charge in [0.1, 0.15) is 0 Å². The Morgan fingerprint density at radius 1 is 1.15 bits per heavy atom. The van der Waals surface area contributed by atoms with E-state index in [1.807, 2.05) is 20.8 Å². The summed E-state index contributed by atoms with van der Waals surface area (Å²) in [5, 5.41) is 4.42. The van der Waals surface area contributed by atoms with Gasteiger partial charge in [0.15, 0.2) is 15.6 Å². The van der Waals surface area contributed by atoms with Crippen molar-refractivity contribution in [3.8, 4) is 0 Å². The maximum atomic E-state index is 11.8. The third-order valence-corrected chi connectivity index (χ3v) is 5.12. The number of ketones is 1. The molecule has 0 aliphatic rings. The van der Waals surface area contributed by atoms with E-state index in [0.29, 0.717) is 31.4 Å². The van der Waals surface area contributed by atoms with Gasteiger partial charge in [0.05, 0.1) is 23.6 Å². The second-order valence-corrected chi connectivity index (χ2v) is 7.21. The van der Waals surface area contributed by atoms with Crippen molar-refractivity contribution in [2.45, 2.75) is 53.5 Å². The molecule has 1 aromatic rings. The van der Waals surface area contributed by atoms with Crippen LogP contribution in [0.4, 0.5) is 0 Å². The second-order valence-electron chi connectivity index (χ2n) is 4.91. The van der Waals surface area contributed by atoms with Crippen LogP contribution in [0, 0.1) is 0 Å². The van der Waals surface area contributed by atoms with Crippen molar-refractivity contribution in [1.29, 1.82) is 0 Å². The lowest BCUT2D eigenvalue weighted by atomic mass is 10.1. The number of hydrogen-bond donors (Lipinski definition) is 0. The van der Waals surface area contributed by atoms with Gasteiger partial charge in [-0.15, -0.1) is 0 Å². The van der Waals surface area contributed by atoms with Crippen LogP contribution in [0.25, 0.3) is 0 Å². The van der Waals surface area contributed by atoms with Crippen LogP contribution < -0.4 is 0 Å². The Labute approximate surface area is 121 Å². The van der Waals surface area contributed by atoms with Crippen LogP contribution in [0.1, 0.15) is 55.9 Å². The molecule has 5 nitrogen and oxygen atoms in total. The number of Topliss-reactive ketones (excluding diaryl/α,β-unsaturated/α-hetero) is 1. The Balaban J connectivity index is 3.04. The van der Waals surface area contributed by atoms with Crippen LogP contribution in [0.2, 0.25) is 0 Å². The molecular weight excluding hydrogens is 276 g/mol. The molecule has 1 rings (SSSR count). The van der Waals surface area contributed by atoms with Gasteiger partial charge in [-0.05, 0) is 26.2 Å². The summed E-state index contributed by atoms with van der Waals surface area (Å²) < 4.78 is 25.3. The number of carbonyl (C=O) groups excluding carboxylic acids is 1. The average molecular weight is 300 g/mol. The van der Waals surface area contributed by atoms with Crippen molar-refractivity contribution in [3.63, 3.8) is 0 Å². The Bertz CT molecular complexity index is 573. The predicted octanol–water partition coefficient (Wildman–Crippen LogP) is 2.04. The number of rotatable bonds is 8. The molecule has 0 fully saturated rings. The highest BCUT2D eigenvalue weighted by molar-refractivity contribution is 7.91. The van der Waals surface area contributed by atoms with Gasteiger partial charge in [-0.25, -0.2) is 8.42 Å². The largest absolute Gasteiger partial charge is 0.294 e. The summed E-state index contributed by atoms with van der Waals surface area (Å²) in [4.78, 5) is 11.8. The molecule has 0 aliphatic heterocycles. The molecule has 114 valence electrons. The van der Waals surface area contributed by atoms with E-state index in [1.165, 1.54) is 6.92 Å². The zero-order chi connectivity index (χ0) is 15.3. The van der Waals surface area contributed by atoms with Crippen LogP contribution in [-0.2, 0) is 29.2 Å². The van der Waals surface area contributed by atoms with Crippen molar-refractivity contribution < 1.29 is 13.2 Å². The zero-order valence-electron chi connectivity index (χ0n) is 12.8. The fourth-order valence-corrected chi connectivity index (χ4v) is 3.67. The second kappa shape index (κ2) is 7.02. The van der Waals surface area contributed by atoms with Crippen molar-refractivity contribution >= 4 is 15.6 Å². The van der Waals surface area contributed by atoms with Gasteiger partial charge in [-0.3, -0.25) is 9.48 Å². The molecule has 1 aromatic heterocycles. The summed E-state index contributed by atoms with van der Waals surface area (Å²) >= 11 is 0. The predicted molar refractivity (Wildman–Crippen MR) is 79.9 cm³/mol. The van der Waals surface area contributed by atoms with E-state index in [0.717, 1.165) is 11.4 Å². The van der Waals surface area contributed by atoms with E-state index in [9.17, 15) is 13.2 Å². The van der Waals surface area contributed by atoms with Gasteiger partial charge in [0, 0.05) is 11.4 Å². The first-order valence-electron chi connectivity index (χ1n) is 7.16. The van der Waals surface area contributed by atoms with E-state index < -0.39 is 9.84 Å². The number of aromatic nitrogens is 2.